The number of nitrogens with zero attached hydrogens (tertiary/aromatic N) is 1. The van der Waals surface area contributed by atoms with Gasteiger partial charge < -0.3 is 10.1 Å². The van der Waals surface area contributed by atoms with Crippen LogP contribution in [0.5, 0.6) is 0 Å². The molecule has 1 aliphatic heterocycles. The van der Waals surface area contributed by atoms with Crippen LogP contribution in [0.25, 0.3) is 0 Å². The number of ether oxygens (including phenoxy) is 1. The summed E-state index contributed by atoms with van der Waals surface area (Å²) in [6.07, 6.45) is 3.87. The lowest BCUT2D eigenvalue weighted by Crippen LogP contribution is -2.09. The SMILES string of the molecule is O=[N+]([O-])c1cc(Cl)ccc1NCCC1=CCOCC1. The van der Waals surface area contributed by atoms with Gasteiger partial charge in [-0.15, -0.1) is 0 Å². The van der Waals surface area contributed by atoms with Crippen LogP contribution >= 0.6 is 11.6 Å². The third-order valence-corrected chi connectivity index (χ3v) is 3.21. The van der Waals surface area contributed by atoms with Crippen LogP contribution in [-0.2, 0) is 4.74 Å². The van der Waals surface area contributed by atoms with Gasteiger partial charge in [-0.2, -0.15) is 0 Å². The number of hydrogen-bond acceptors (Lipinski definition) is 4. The summed E-state index contributed by atoms with van der Waals surface area (Å²) in [5.41, 5.74) is 1.84. The molecule has 0 unspecified atom stereocenters. The molecule has 6 heteroatoms. The molecule has 0 atom stereocenters. The third-order valence-electron chi connectivity index (χ3n) is 2.98. The summed E-state index contributed by atoms with van der Waals surface area (Å²) < 4.78 is 5.23. The van der Waals surface area contributed by atoms with Gasteiger partial charge in [0.25, 0.3) is 5.69 Å². The first-order chi connectivity index (χ1) is 9.16. The summed E-state index contributed by atoms with van der Waals surface area (Å²) >= 11 is 5.76. The van der Waals surface area contributed by atoms with E-state index in [1.807, 2.05) is 0 Å². The van der Waals surface area contributed by atoms with E-state index in [0.29, 0.717) is 23.9 Å². The topological polar surface area (TPSA) is 64.4 Å². The van der Waals surface area contributed by atoms with Gasteiger partial charge in [0, 0.05) is 17.6 Å². The lowest BCUT2D eigenvalue weighted by atomic mass is 10.1. The van der Waals surface area contributed by atoms with Crippen molar-refractivity contribution < 1.29 is 9.66 Å². The zero-order valence-corrected chi connectivity index (χ0v) is 11.2. The molecule has 0 aromatic heterocycles. The smallest absolute Gasteiger partial charge is 0.293 e. The first kappa shape index (κ1) is 13.8. The number of anilines is 1. The molecule has 1 aliphatic rings. The van der Waals surface area contributed by atoms with Crippen molar-refractivity contribution in [2.45, 2.75) is 12.8 Å². The van der Waals surface area contributed by atoms with Crippen LogP contribution in [0.1, 0.15) is 12.8 Å². The molecule has 0 spiro atoms. The molecule has 1 heterocycles. The molecule has 1 aromatic carbocycles. The summed E-state index contributed by atoms with van der Waals surface area (Å²) in [6, 6.07) is 4.64. The highest BCUT2D eigenvalue weighted by Gasteiger charge is 2.14. The van der Waals surface area contributed by atoms with Gasteiger partial charge >= 0.3 is 0 Å². The molecular formula is C13H15ClN2O3. The highest BCUT2D eigenvalue weighted by Crippen LogP contribution is 2.27. The maximum absolute atomic E-state index is 10.9. The molecular weight excluding hydrogens is 268 g/mol. The Hall–Kier alpha value is -1.59. The minimum atomic E-state index is -0.429. The van der Waals surface area contributed by atoms with Crippen molar-refractivity contribution in [3.8, 4) is 0 Å². The fourth-order valence-corrected chi connectivity index (χ4v) is 2.12. The van der Waals surface area contributed by atoms with Crippen LogP contribution < -0.4 is 5.32 Å². The fourth-order valence-electron chi connectivity index (χ4n) is 1.96. The Balaban J connectivity index is 1.95. The Morgan fingerprint density at radius 1 is 1.47 bits per heavy atom. The molecule has 1 aromatic rings. The largest absolute Gasteiger partial charge is 0.379 e. The molecule has 2 rings (SSSR count). The van der Waals surface area contributed by atoms with Gasteiger partial charge in [0.1, 0.15) is 5.69 Å². The van der Waals surface area contributed by atoms with Gasteiger partial charge in [-0.1, -0.05) is 23.3 Å². The van der Waals surface area contributed by atoms with Crippen molar-refractivity contribution in [1.82, 2.24) is 0 Å². The third kappa shape index (κ3) is 3.94. The molecule has 0 saturated heterocycles. The van der Waals surface area contributed by atoms with Crippen molar-refractivity contribution in [3.63, 3.8) is 0 Å². The molecule has 0 bridgehead atoms. The number of nitro benzene ring substituents is 1. The van der Waals surface area contributed by atoms with Gasteiger partial charge in [-0.05, 0) is 25.0 Å². The van der Waals surface area contributed by atoms with Crippen molar-refractivity contribution in [3.05, 3.63) is 45.0 Å². The van der Waals surface area contributed by atoms with Crippen LogP contribution in [0.15, 0.2) is 29.8 Å². The van der Waals surface area contributed by atoms with E-state index in [-0.39, 0.29) is 5.69 Å². The van der Waals surface area contributed by atoms with Crippen molar-refractivity contribution in [2.75, 3.05) is 25.1 Å². The summed E-state index contributed by atoms with van der Waals surface area (Å²) in [5, 5.41) is 14.4. The molecule has 0 saturated carbocycles. The molecule has 19 heavy (non-hydrogen) atoms. The van der Waals surface area contributed by atoms with Gasteiger partial charge in [0.15, 0.2) is 0 Å². The quantitative estimate of drug-likeness (QED) is 0.511. The normalized spacial score (nSPS) is 14.9. The van der Waals surface area contributed by atoms with E-state index in [1.165, 1.54) is 11.6 Å². The first-order valence-electron chi connectivity index (χ1n) is 6.10. The van der Waals surface area contributed by atoms with Crippen molar-refractivity contribution in [1.29, 1.82) is 0 Å². The second-order valence-electron chi connectivity index (χ2n) is 4.28. The molecule has 0 fully saturated rings. The van der Waals surface area contributed by atoms with Crippen LogP contribution in [0, 0.1) is 10.1 Å². The Morgan fingerprint density at radius 2 is 2.32 bits per heavy atom. The van der Waals surface area contributed by atoms with Gasteiger partial charge in [-0.3, -0.25) is 10.1 Å². The lowest BCUT2D eigenvalue weighted by Gasteiger charge is -2.14. The van der Waals surface area contributed by atoms with Gasteiger partial charge in [-0.25, -0.2) is 0 Å². The number of benzene rings is 1. The predicted octanol–water partition coefficient (Wildman–Crippen LogP) is 3.40. The summed E-state index contributed by atoms with van der Waals surface area (Å²) in [7, 11) is 0. The predicted molar refractivity (Wildman–Crippen MR) is 74.7 cm³/mol. The number of halogens is 1. The molecule has 0 aliphatic carbocycles. The van der Waals surface area contributed by atoms with Gasteiger partial charge in [0.05, 0.1) is 18.1 Å². The van der Waals surface area contributed by atoms with E-state index >= 15 is 0 Å². The van der Waals surface area contributed by atoms with Crippen molar-refractivity contribution >= 4 is 23.0 Å². The van der Waals surface area contributed by atoms with E-state index in [1.54, 1.807) is 12.1 Å². The number of rotatable bonds is 5. The van der Waals surface area contributed by atoms with Crippen LogP contribution in [0.4, 0.5) is 11.4 Å². The van der Waals surface area contributed by atoms with Crippen LogP contribution in [0.2, 0.25) is 5.02 Å². The average molecular weight is 283 g/mol. The Labute approximate surface area is 116 Å². The zero-order valence-electron chi connectivity index (χ0n) is 10.4. The molecule has 0 amide bonds. The van der Waals surface area contributed by atoms with E-state index in [0.717, 1.165) is 19.4 Å². The average Bonchev–Trinajstić information content (AvgIpc) is 2.41. The summed E-state index contributed by atoms with van der Waals surface area (Å²) in [5.74, 6) is 0. The minimum Gasteiger partial charge on any atom is -0.379 e. The summed E-state index contributed by atoms with van der Waals surface area (Å²) in [6.45, 7) is 2.08. The maximum atomic E-state index is 10.9. The number of hydrogen-bond donors (Lipinski definition) is 1. The van der Waals surface area contributed by atoms with E-state index in [9.17, 15) is 10.1 Å². The highest BCUT2D eigenvalue weighted by molar-refractivity contribution is 6.30. The number of nitrogens with one attached hydrogen (secondary N) is 1. The molecule has 0 radical (unpaired) electrons. The fraction of sp³-hybridized carbons (Fsp3) is 0.385. The second kappa shape index (κ2) is 6.54. The van der Waals surface area contributed by atoms with Crippen molar-refractivity contribution in [2.24, 2.45) is 0 Å². The molecule has 102 valence electrons. The lowest BCUT2D eigenvalue weighted by molar-refractivity contribution is -0.383. The standard InChI is InChI=1S/C13H15ClN2O3/c14-11-1-2-12(13(9-11)16(17)18)15-6-3-10-4-7-19-8-5-10/h1-2,4,9,15H,3,5-8H2. The Kier molecular flexibility index (Phi) is 4.76. The van der Waals surface area contributed by atoms with E-state index < -0.39 is 4.92 Å². The van der Waals surface area contributed by atoms with E-state index in [4.69, 9.17) is 16.3 Å². The van der Waals surface area contributed by atoms with E-state index in [2.05, 4.69) is 11.4 Å². The van der Waals surface area contributed by atoms with Gasteiger partial charge in [0.2, 0.25) is 0 Å². The number of nitro groups is 1. The molecule has 1 N–H and O–H groups in total. The maximum Gasteiger partial charge on any atom is 0.293 e. The monoisotopic (exact) mass is 282 g/mol. The zero-order chi connectivity index (χ0) is 13.7. The minimum absolute atomic E-state index is 0.00783. The molecule has 5 nitrogen and oxygen atoms in total. The Bertz CT molecular complexity index is 503. The van der Waals surface area contributed by atoms with Crippen LogP contribution in [0.3, 0.4) is 0 Å². The second-order valence-corrected chi connectivity index (χ2v) is 4.72. The summed E-state index contributed by atoms with van der Waals surface area (Å²) in [4.78, 5) is 10.5. The highest BCUT2D eigenvalue weighted by atomic mass is 35.5. The first-order valence-corrected chi connectivity index (χ1v) is 6.48. The Morgan fingerprint density at radius 3 is 3.00 bits per heavy atom. The van der Waals surface area contributed by atoms with Crippen LogP contribution in [-0.4, -0.2) is 24.7 Å².